The summed E-state index contributed by atoms with van der Waals surface area (Å²) in [6.45, 7) is 5.21. The first-order valence-electron chi connectivity index (χ1n) is 7.86. The van der Waals surface area contributed by atoms with Crippen molar-refractivity contribution in [2.75, 3.05) is 5.32 Å². The predicted octanol–water partition coefficient (Wildman–Crippen LogP) is 3.22. The molecule has 0 bridgehead atoms. The molecule has 0 aliphatic carbocycles. The standard InChI is InChI=1S/C16H20N6/c1-10(2)14-20-15-13(8-5-9-22(15)21-14)19-16-17-11-6-3-4-7-12(11)18-16/h3-4,6-7,10,13H,5,8-9H2,1-2H3,(H2,17,18,19). The van der Waals surface area contributed by atoms with Gasteiger partial charge in [-0.05, 0) is 25.0 Å². The molecule has 2 aromatic heterocycles. The van der Waals surface area contributed by atoms with E-state index in [4.69, 9.17) is 4.98 Å². The third-order valence-corrected chi connectivity index (χ3v) is 4.11. The fourth-order valence-corrected chi connectivity index (χ4v) is 2.94. The molecule has 0 saturated carbocycles. The van der Waals surface area contributed by atoms with Crippen molar-refractivity contribution >= 4 is 17.0 Å². The first kappa shape index (κ1) is 13.3. The number of aromatic amines is 1. The van der Waals surface area contributed by atoms with Crippen LogP contribution >= 0.6 is 0 Å². The minimum absolute atomic E-state index is 0.161. The van der Waals surface area contributed by atoms with Gasteiger partial charge in [0.15, 0.2) is 5.82 Å². The molecule has 1 unspecified atom stereocenters. The fraction of sp³-hybridized carbons (Fsp3) is 0.438. The van der Waals surface area contributed by atoms with Gasteiger partial charge >= 0.3 is 0 Å². The molecule has 1 aliphatic rings. The van der Waals surface area contributed by atoms with E-state index >= 15 is 0 Å². The lowest BCUT2D eigenvalue weighted by molar-refractivity contribution is 0.435. The highest BCUT2D eigenvalue weighted by Crippen LogP contribution is 2.28. The average Bonchev–Trinajstić information content (AvgIpc) is 3.10. The molecular formula is C16H20N6. The Labute approximate surface area is 129 Å². The van der Waals surface area contributed by atoms with Crippen LogP contribution in [0.3, 0.4) is 0 Å². The maximum Gasteiger partial charge on any atom is 0.201 e. The average molecular weight is 296 g/mol. The Kier molecular flexibility index (Phi) is 3.10. The van der Waals surface area contributed by atoms with Crippen LogP contribution in [-0.4, -0.2) is 24.7 Å². The summed E-state index contributed by atoms with van der Waals surface area (Å²) in [6.07, 6.45) is 2.15. The van der Waals surface area contributed by atoms with E-state index in [1.165, 1.54) is 0 Å². The van der Waals surface area contributed by atoms with Gasteiger partial charge in [-0.3, -0.25) is 0 Å². The van der Waals surface area contributed by atoms with Gasteiger partial charge in [-0.1, -0.05) is 26.0 Å². The third kappa shape index (κ3) is 2.24. The van der Waals surface area contributed by atoms with Crippen LogP contribution in [-0.2, 0) is 6.54 Å². The smallest absolute Gasteiger partial charge is 0.201 e. The number of anilines is 1. The summed E-state index contributed by atoms with van der Waals surface area (Å²) in [7, 11) is 0. The number of nitrogens with zero attached hydrogens (tertiary/aromatic N) is 4. The minimum atomic E-state index is 0.161. The predicted molar refractivity (Wildman–Crippen MR) is 85.8 cm³/mol. The zero-order chi connectivity index (χ0) is 15.1. The summed E-state index contributed by atoms with van der Waals surface area (Å²) in [5.41, 5.74) is 2.02. The van der Waals surface area contributed by atoms with Crippen LogP contribution in [0.5, 0.6) is 0 Å². The van der Waals surface area contributed by atoms with E-state index in [1.807, 2.05) is 28.9 Å². The van der Waals surface area contributed by atoms with Crippen molar-refractivity contribution in [3.05, 3.63) is 35.9 Å². The number of benzene rings is 1. The molecule has 6 nitrogen and oxygen atoms in total. The fourth-order valence-electron chi connectivity index (χ4n) is 2.94. The molecule has 0 radical (unpaired) electrons. The van der Waals surface area contributed by atoms with Crippen LogP contribution in [0.4, 0.5) is 5.95 Å². The van der Waals surface area contributed by atoms with Gasteiger partial charge in [0.1, 0.15) is 5.82 Å². The molecule has 0 fully saturated rings. The van der Waals surface area contributed by atoms with Gasteiger partial charge in [-0.2, -0.15) is 5.10 Å². The van der Waals surface area contributed by atoms with Crippen LogP contribution in [0.2, 0.25) is 0 Å². The van der Waals surface area contributed by atoms with E-state index in [9.17, 15) is 0 Å². The molecule has 1 aliphatic heterocycles. The number of aryl methyl sites for hydroxylation is 1. The second-order valence-corrected chi connectivity index (χ2v) is 6.15. The van der Waals surface area contributed by atoms with Crippen molar-refractivity contribution < 1.29 is 0 Å². The maximum atomic E-state index is 4.73. The van der Waals surface area contributed by atoms with Gasteiger partial charge in [0, 0.05) is 12.5 Å². The van der Waals surface area contributed by atoms with E-state index in [0.717, 1.165) is 48.0 Å². The maximum absolute atomic E-state index is 4.73. The van der Waals surface area contributed by atoms with Crippen LogP contribution < -0.4 is 5.32 Å². The third-order valence-electron chi connectivity index (χ3n) is 4.11. The quantitative estimate of drug-likeness (QED) is 0.778. The molecule has 2 N–H and O–H groups in total. The Balaban J connectivity index is 1.64. The van der Waals surface area contributed by atoms with Gasteiger partial charge in [-0.25, -0.2) is 14.6 Å². The zero-order valence-electron chi connectivity index (χ0n) is 12.9. The highest BCUT2D eigenvalue weighted by Gasteiger charge is 2.25. The van der Waals surface area contributed by atoms with Crippen LogP contribution in [0.15, 0.2) is 24.3 Å². The highest BCUT2D eigenvalue weighted by molar-refractivity contribution is 5.77. The second kappa shape index (κ2) is 5.12. The number of imidazole rings is 1. The van der Waals surface area contributed by atoms with Gasteiger partial charge in [0.25, 0.3) is 0 Å². The molecule has 0 amide bonds. The zero-order valence-corrected chi connectivity index (χ0v) is 12.9. The molecule has 4 rings (SSSR count). The van der Waals surface area contributed by atoms with Crippen LogP contribution in [0.1, 0.15) is 50.3 Å². The summed E-state index contributed by atoms with van der Waals surface area (Å²) in [5, 5.41) is 8.11. The largest absolute Gasteiger partial charge is 0.346 e. The van der Waals surface area contributed by atoms with E-state index < -0.39 is 0 Å². The van der Waals surface area contributed by atoms with Crippen molar-refractivity contribution in [1.29, 1.82) is 0 Å². The first-order chi connectivity index (χ1) is 10.7. The number of rotatable bonds is 3. The summed E-state index contributed by atoms with van der Waals surface area (Å²) in [5.74, 6) is 3.10. The first-order valence-corrected chi connectivity index (χ1v) is 7.86. The molecule has 3 aromatic rings. The SMILES string of the molecule is CC(C)c1nc2n(n1)CCCC2Nc1nc2ccccc2[nH]1. The van der Waals surface area contributed by atoms with E-state index in [0.29, 0.717) is 5.92 Å². The van der Waals surface area contributed by atoms with Crippen molar-refractivity contribution in [3.63, 3.8) is 0 Å². The van der Waals surface area contributed by atoms with Crippen molar-refractivity contribution in [3.8, 4) is 0 Å². The Hall–Kier alpha value is -2.37. The van der Waals surface area contributed by atoms with Gasteiger partial charge in [0.05, 0.1) is 17.1 Å². The lowest BCUT2D eigenvalue weighted by atomic mass is 10.1. The van der Waals surface area contributed by atoms with Crippen LogP contribution in [0.25, 0.3) is 11.0 Å². The summed E-state index contributed by atoms with van der Waals surface area (Å²) >= 11 is 0. The molecule has 1 atom stereocenters. The number of hydrogen-bond donors (Lipinski definition) is 2. The topological polar surface area (TPSA) is 71.4 Å². The summed E-state index contributed by atoms with van der Waals surface area (Å²) in [6, 6.07) is 8.22. The van der Waals surface area contributed by atoms with E-state index in [-0.39, 0.29) is 6.04 Å². The Morgan fingerprint density at radius 1 is 1.27 bits per heavy atom. The Bertz CT molecular complexity index is 767. The second-order valence-electron chi connectivity index (χ2n) is 6.15. The van der Waals surface area contributed by atoms with Gasteiger partial charge in [0.2, 0.25) is 5.95 Å². The number of para-hydroxylation sites is 2. The number of aromatic nitrogens is 5. The van der Waals surface area contributed by atoms with Gasteiger partial charge < -0.3 is 10.3 Å². The number of hydrogen-bond acceptors (Lipinski definition) is 4. The van der Waals surface area contributed by atoms with Gasteiger partial charge in [-0.15, -0.1) is 0 Å². The summed E-state index contributed by atoms with van der Waals surface area (Å²) in [4.78, 5) is 12.7. The highest BCUT2D eigenvalue weighted by atomic mass is 15.4. The normalized spacial score (nSPS) is 17.9. The van der Waals surface area contributed by atoms with Crippen molar-refractivity contribution in [2.45, 2.75) is 45.2 Å². The molecule has 1 aromatic carbocycles. The van der Waals surface area contributed by atoms with Crippen molar-refractivity contribution in [1.82, 2.24) is 24.7 Å². The number of H-pyrrole nitrogens is 1. The molecule has 0 spiro atoms. The lowest BCUT2D eigenvalue weighted by Gasteiger charge is -2.22. The Morgan fingerprint density at radius 2 is 2.14 bits per heavy atom. The van der Waals surface area contributed by atoms with Crippen molar-refractivity contribution in [2.24, 2.45) is 0 Å². The Morgan fingerprint density at radius 3 is 2.95 bits per heavy atom. The monoisotopic (exact) mass is 296 g/mol. The molecule has 3 heterocycles. The summed E-state index contributed by atoms with van der Waals surface area (Å²) < 4.78 is 2.04. The number of fused-ring (bicyclic) bond motifs is 2. The molecular weight excluding hydrogens is 276 g/mol. The minimum Gasteiger partial charge on any atom is -0.346 e. The molecule has 114 valence electrons. The lowest BCUT2D eigenvalue weighted by Crippen LogP contribution is -2.23. The van der Waals surface area contributed by atoms with Crippen LogP contribution in [0, 0.1) is 0 Å². The number of nitrogens with one attached hydrogen (secondary N) is 2. The molecule has 6 heteroatoms. The molecule has 0 saturated heterocycles. The van der Waals surface area contributed by atoms with E-state index in [2.05, 4.69) is 34.2 Å². The molecule has 22 heavy (non-hydrogen) atoms. The van der Waals surface area contributed by atoms with E-state index in [1.54, 1.807) is 0 Å².